The van der Waals surface area contributed by atoms with E-state index in [0.717, 1.165) is 5.70 Å². The fraction of sp³-hybridized carbons (Fsp3) is 0.250. The molecule has 0 saturated carbocycles. The Kier molecular flexibility index (Phi) is 3.15. The number of hydrogen-bond acceptors (Lipinski definition) is 4. The third kappa shape index (κ3) is 2.50. The number of nitro benzene ring substituents is 1. The zero-order valence-corrected chi connectivity index (χ0v) is 11.5. The number of thiocarbonyl (C=S) groups is 1. The maximum Gasteiger partial charge on any atom is 0.269 e. The van der Waals surface area contributed by atoms with Gasteiger partial charge in [-0.2, -0.15) is 0 Å². The summed E-state index contributed by atoms with van der Waals surface area (Å²) in [5.74, 6) is 0. The highest BCUT2D eigenvalue weighted by atomic mass is 32.1. The molecule has 1 fully saturated rings. The number of non-ortho nitro benzene ring substituents is 1. The highest BCUT2D eigenvalue weighted by Crippen LogP contribution is 2.26. The second kappa shape index (κ2) is 4.51. The molecule has 1 saturated heterocycles. The minimum atomic E-state index is -0.437. The molecular formula is C12H14N4O2S. The summed E-state index contributed by atoms with van der Waals surface area (Å²) in [6.45, 7) is 7.93. The van der Waals surface area contributed by atoms with Gasteiger partial charge in [-0.1, -0.05) is 6.58 Å². The number of hydrogen-bond donors (Lipinski definition) is 2. The molecule has 1 aliphatic rings. The molecule has 100 valence electrons. The summed E-state index contributed by atoms with van der Waals surface area (Å²) < 4.78 is 0. The molecule has 1 aromatic rings. The molecule has 2 N–H and O–H groups in total. The van der Waals surface area contributed by atoms with Crippen molar-refractivity contribution in [3.8, 4) is 0 Å². The van der Waals surface area contributed by atoms with Gasteiger partial charge in [0.05, 0.1) is 21.8 Å². The molecule has 19 heavy (non-hydrogen) atoms. The fourth-order valence-corrected chi connectivity index (χ4v) is 2.11. The lowest BCUT2D eigenvalue weighted by Crippen LogP contribution is -2.35. The first-order valence-corrected chi connectivity index (χ1v) is 6.05. The quantitative estimate of drug-likeness (QED) is 0.502. The van der Waals surface area contributed by atoms with Crippen LogP contribution in [0.1, 0.15) is 13.8 Å². The van der Waals surface area contributed by atoms with E-state index in [2.05, 4.69) is 17.3 Å². The third-order valence-electron chi connectivity index (χ3n) is 2.93. The molecule has 0 spiro atoms. The van der Waals surface area contributed by atoms with Crippen LogP contribution >= 0.6 is 12.2 Å². The maximum absolute atomic E-state index is 10.6. The molecule has 1 aliphatic heterocycles. The summed E-state index contributed by atoms with van der Waals surface area (Å²) in [5, 5.41) is 15.9. The molecule has 0 aliphatic carbocycles. The van der Waals surface area contributed by atoms with Crippen LogP contribution in [0.3, 0.4) is 0 Å². The van der Waals surface area contributed by atoms with Gasteiger partial charge in [-0.05, 0) is 38.2 Å². The molecule has 0 bridgehead atoms. The van der Waals surface area contributed by atoms with Crippen LogP contribution in [-0.2, 0) is 0 Å². The van der Waals surface area contributed by atoms with E-state index >= 15 is 0 Å². The second-order valence-electron chi connectivity index (χ2n) is 4.75. The Bertz CT molecular complexity index is 553. The summed E-state index contributed by atoms with van der Waals surface area (Å²) in [6.07, 6.45) is 0. The average Bonchev–Trinajstić information content (AvgIpc) is 2.52. The highest BCUT2D eigenvalue weighted by molar-refractivity contribution is 7.80. The zero-order chi connectivity index (χ0) is 14.2. The van der Waals surface area contributed by atoms with Crippen molar-refractivity contribution in [2.75, 3.05) is 5.43 Å². The van der Waals surface area contributed by atoms with Crippen LogP contribution < -0.4 is 10.7 Å². The second-order valence-corrected chi connectivity index (χ2v) is 5.14. The lowest BCUT2D eigenvalue weighted by Gasteiger charge is -2.23. The molecule has 1 aromatic carbocycles. The topological polar surface area (TPSA) is 70.4 Å². The van der Waals surface area contributed by atoms with Gasteiger partial charge < -0.3 is 5.32 Å². The van der Waals surface area contributed by atoms with E-state index in [0.29, 0.717) is 10.8 Å². The molecule has 0 amide bonds. The van der Waals surface area contributed by atoms with Crippen LogP contribution in [0, 0.1) is 10.1 Å². The predicted octanol–water partition coefficient (Wildman–Crippen LogP) is 2.40. The molecule has 0 atom stereocenters. The molecule has 0 unspecified atom stereocenters. The van der Waals surface area contributed by atoms with Crippen LogP contribution in [0.15, 0.2) is 36.5 Å². The van der Waals surface area contributed by atoms with Gasteiger partial charge in [-0.3, -0.25) is 15.5 Å². The SMILES string of the molecule is C=C1N(Nc2ccc([N+](=O)[O-])cc2)C(=S)NC1(C)C. The first-order chi connectivity index (χ1) is 8.81. The maximum atomic E-state index is 10.6. The molecule has 0 aromatic heterocycles. The average molecular weight is 278 g/mol. The summed E-state index contributed by atoms with van der Waals surface area (Å²) in [4.78, 5) is 10.1. The number of hydrazine groups is 1. The molecule has 7 heteroatoms. The van der Waals surface area contributed by atoms with E-state index in [9.17, 15) is 10.1 Å². The van der Waals surface area contributed by atoms with E-state index in [4.69, 9.17) is 12.2 Å². The zero-order valence-electron chi connectivity index (χ0n) is 10.6. The Morgan fingerprint density at radius 3 is 2.42 bits per heavy atom. The normalized spacial score (nSPS) is 17.3. The largest absolute Gasteiger partial charge is 0.350 e. The summed E-state index contributed by atoms with van der Waals surface area (Å²) in [5.41, 5.74) is 4.29. The van der Waals surface area contributed by atoms with E-state index in [1.807, 2.05) is 13.8 Å². The van der Waals surface area contributed by atoms with E-state index < -0.39 is 4.92 Å². The molecule has 0 radical (unpaired) electrons. The molecule has 6 nitrogen and oxygen atoms in total. The fourth-order valence-electron chi connectivity index (χ4n) is 1.70. The van der Waals surface area contributed by atoms with Crippen molar-refractivity contribution < 1.29 is 4.92 Å². The number of anilines is 1. The van der Waals surface area contributed by atoms with Gasteiger partial charge in [-0.25, -0.2) is 5.01 Å². The van der Waals surface area contributed by atoms with Gasteiger partial charge >= 0.3 is 0 Å². The van der Waals surface area contributed by atoms with Crippen molar-refractivity contribution >= 4 is 28.7 Å². The van der Waals surface area contributed by atoms with Gasteiger partial charge in [0.1, 0.15) is 0 Å². The van der Waals surface area contributed by atoms with Crippen molar-refractivity contribution in [3.63, 3.8) is 0 Å². The van der Waals surface area contributed by atoms with Crippen LogP contribution in [0.4, 0.5) is 11.4 Å². The van der Waals surface area contributed by atoms with Gasteiger partial charge in [-0.15, -0.1) is 0 Å². The van der Waals surface area contributed by atoms with E-state index in [-0.39, 0.29) is 11.2 Å². The summed E-state index contributed by atoms with van der Waals surface area (Å²) in [7, 11) is 0. The Labute approximate surface area is 116 Å². The number of nitrogens with zero attached hydrogens (tertiary/aromatic N) is 2. The first-order valence-electron chi connectivity index (χ1n) is 5.64. The predicted molar refractivity (Wildman–Crippen MR) is 77.5 cm³/mol. The van der Waals surface area contributed by atoms with Gasteiger partial charge in [0.25, 0.3) is 5.69 Å². The highest BCUT2D eigenvalue weighted by Gasteiger charge is 2.36. The van der Waals surface area contributed by atoms with E-state index in [1.54, 1.807) is 17.1 Å². The van der Waals surface area contributed by atoms with Crippen molar-refractivity contribution in [2.24, 2.45) is 0 Å². The third-order valence-corrected chi connectivity index (χ3v) is 3.22. The first kappa shape index (κ1) is 13.3. The molecule has 1 heterocycles. The lowest BCUT2D eigenvalue weighted by atomic mass is 10.0. The number of rotatable bonds is 3. The van der Waals surface area contributed by atoms with Crippen molar-refractivity contribution in [3.05, 3.63) is 46.7 Å². The standard InChI is InChI=1S/C12H14N4O2S/c1-8-12(2,3)13-11(19)15(8)14-9-4-6-10(7-5-9)16(17)18/h4-7,14H,1H2,2-3H3,(H,13,19). The minimum absolute atomic E-state index is 0.0480. The monoisotopic (exact) mass is 278 g/mol. The molecular weight excluding hydrogens is 264 g/mol. The van der Waals surface area contributed by atoms with Crippen molar-refractivity contribution in [1.82, 2.24) is 10.3 Å². The van der Waals surface area contributed by atoms with Gasteiger partial charge in [0.2, 0.25) is 0 Å². The molecule has 2 rings (SSSR count). The number of nitrogens with one attached hydrogen (secondary N) is 2. The van der Waals surface area contributed by atoms with Crippen LogP contribution in [0.2, 0.25) is 0 Å². The number of benzene rings is 1. The van der Waals surface area contributed by atoms with E-state index in [1.165, 1.54) is 12.1 Å². The Morgan fingerprint density at radius 2 is 2.00 bits per heavy atom. The van der Waals surface area contributed by atoms with Crippen LogP contribution in [-0.4, -0.2) is 20.6 Å². The number of nitro groups is 1. The summed E-state index contributed by atoms with van der Waals surface area (Å²) >= 11 is 5.22. The van der Waals surface area contributed by atoms with Crippen molar-refractivity contribution in [2.45, 2.75) is 19.4 Å². The van der Waals surface area contributed by atoms with Crippen LogP contribution in [0.25, 0.3) is 0 Å². The minimum Gasteiger partial charge on any atom is -0.350 e. The van der Waals surface area contributed by atoms with Crippen molar-refractivity contribution in [1.29, 1.82) is 0 Å². The smallest absolute Gasteiger partial charge is 0.269 e. The Hall–Kier alpha value is -2.15. The Balaban J connectivity index is 2.16. The Morgan fingerprint density at radius 1 is 1.42 bits per heavy atom. The summed E-state index contributed by atoms with van der Waals surface area (Å²) in [6, 6.07) is 6.12. The van der Waals surface area contributed by atoms with Crippen LogP contribution in [0.5, 0.6) is 0 Å². The lowest BCUT2D eigenvalue weighted by molar-refractivity contribution is -0.384. The van der Waals surface area contributed by atoms with Gasteiger partial charge in [0, 0.05) is 12.1 Å². The van der Waals surface area contributed by atoms with Gasteiger partial charge in [0.15, 0.2) is 5.11 Å².